The maximum Gasteiger partial charge on any atom is 0.191 e. The van der Waals surface area contributed by atoms with Crippen molar-refractivity contribution in [2.45, 2.75) is 45.4 Å². The Labute approximate surface area is 167 Å². The molecule has 0 saturated carbocycles. The predicted octanol–water partition coefficient (Wildman–Crippen LogP) is 2.50. The zero-order valence-electron chi connectivity index (χ0n) is 16.9. The van der Waals surface area contributed by atoms with Gasteiger partial charge in [0.2, 0.25) is 0 Å². The number of aliphatic imine (C=N–C) groups is 1. The van der Waals surface area contributed by atoms with Crippen LogP contribution in [0, 0.1) is 6.92 Å². The molecule has 0 radical (unpaired) electrons. The highest BCUT2D eigenvalue weighted by atomic mass is 16.5. The highest BCUT2D eigenvalue weighted by molar-refractivity contribution is 5.79. The molecule has 152 valence electrons. The first-order valence-corrected chi connectivity index (χ1v) is 10.0. The van der Waals surface area contributed by atoms with E-state index in [1.165, 1.54) is 5.56 Å². The maximum absolute atomic E-state index is 6.07. The van der Waals surface area contributed by atoms with Gasteiger partial charge in [0, 0.05) is 51.2 Å². The molecule has 1 saturated heterocycles. The fraction of sp³-hybridized carbons (Fsp3) is 0.524. The molecule has 1 aromatic carbocycles. The Morgan fingerprint density at radius 2 is 2.32 bits per heavy atom. The molecule has 1 aliphatic heterocycles. The van der Waals surface area contributed by atoms with Crippen molar-refractivity contribution in [3.05, 3.63) is 47.8 Å². The molecular formula is C21H31N5O2. The van der Waals surface area contributed by atoms with E-state index in [-0.39, 0.29) is 6.10 Å². The lowest BCUT2D eigenvalue weighted by molar-refractivity contribution is 0.0676. The van der Waals surface area contributed by atoms with Crippen LogP contribution < -0.4 is 15.4 Å². The first-order chi connectivity index (χ1) is 13.7. The lowest BCUT2D eigenvalue weighted by atomic mass is 10.1. The van der Waals surface area contributed by atoms with Crippen molar-refractivity contribution in [1.82, 2.24) is 20.4 Å². The molecule has 0 aliphatic carbocycles. The summed E-state index contributed by atoms with van der Waals surface area (Å²) in [6.07, 6.45) is 7.16. The molecule has 7 heteroatoms. The number of aromatic nitrogens is 2. The molecule has 0 bridgehead atoms. The predicted molar refractivity (Wildman–Crippen MR) is 111 cm³/mol. The number of hydrogen-bond acceptors (Lipinski definition) is 4. The van der Waals surface area contributed by atoms with Gasteiger partial charge in [-0.15, -0.1) is 0 Å². The van der Waals surface area contributed by atoms with Crippen LogP contribution in [0.5, 0.6) is 5.75 Å². The summed E-state index contributed by atoms with van der Waals surface area (Å²) in [5.74, 6) is 1.70. The molecule has 2 heterocycles. The summed E-state index contributed by atoms with van der Waals surface area (Å²) < 4.78 is 13.7. The van der Waals surface area contributed by atoms with Crippen LogP contribution in [-0.2, 0) is 17.8 Å². The van der Waals surface area contributed by atoms with Gasteiger partial charge >= 0.3 is 0 Å². The Bertz CT molecular complexity index is 739. The molecular weight excluding hydrogens is 354 g/mol. The lowest BCUT2D eigenvalue weighted by Gasteiger charge is -2.17. The van der Waals surface area contributed by atoms with E-state index >= 15 is 0 Å². The third-order valence-electron chi connectivity index (χ3n) is 4.76. The SMILES string of the molecule is CN=C(NCCCn1cccn1)NCc1ccc(C)cc1OCC1CCCO1. The Morgan fingerprint density at radius 1 is 1.39 bits per heavy atom. The van der Waals surface area contributed by atoms with Gasteiger partial charge in [0.1, 0.15) is 12.4 Å². The average molecular weight is 386 g/mol. The zero-order chi connectivity index (χ0) is 19.6. The van der Waals surface area contributed by atoms with Crippen molar-refractivity contribution in [1.29, 1.82) is 0 Å². The first kappa shape index (κ1) is 20.2. The third kappa shape index (κ3) is 6.27. The van der Waals surface area contributed by atoms with Crippen LogP contribution in [-0.4, -0.2) is 48.7 Å². The van der Waals surface area contributed by atoms with Crippen molar-refractivity contribution >= 4 is 5.96 Å². The summed E-state index contributed by atoms with van der Waals surface area (Å²) in [6.45, 7) is 5.90. The Morgan fingerprint density at radius 3 is 3.07 bits per heavy atom. The number of nitrogens with zero attached hydrogens (tertiary/aromatic N) is 3. The minimum absolute atomic E-state index is 0.213. The van der Waals surface area contributed by atoms with Gasteiger partial charge in [0.25, 0.3) is 0 Å². The number of benzene rings is 1. The van der Waals surface area contributed by atoms with Crippen LogP contribution >= 0.6 is 0 Å². The molecule has 2 N–H and O–H groups in total. The van der Waals surface area contributed by atoms with E-state index in [2.05, 4.69) is 45.8 Å². The van der Waals surface area contributed by atoms with E-state index in [4.69, 9.17) is 9.47 Å². The number of rotatable bonds is 9. The second-order valence-electron chi connectivity index (χ2n) is 7.03. The fourth-order valence-electron chi connectivity index (χ4n) is 3.18. The van der Waals surface area contributed by atoms with Gasteiger partial charge in [-0.05, 0) is 43.9 Å². The fourth-order valence-corrected chi connectivity index (χ4v) is 3.18. The molecule has 1 fully saturated rings. The van der Waals surface area contributed by atoms with Crippen LogP contribution in [0.15, 0.2) is 41.7 Å². The van der Waals surface area contributed by atoms with E-state index in [1.807, 2.05) is 16.9 Å². The van der Waals surface area contributed by atoms with Gasteiger partial charge in [0.05, 0.1) is 6.10 Å². The summed E-state index contributed by atoms with van der Waals surface area (Å²) in [6, 6.07) is 8.24. The molecule has 0 amide bonds. The Balaban J connectivity index is 1.46. The molecule has 28 heavy (non-hydrogen) atoms. The molecule has 2 aromatic rings. The number of nitrogens with one attached hydrogen (secondary N) is 2. The van der Waals surface area contributed by atoms with Gasteiger partial charge in [0.15, 0.2) is 5.96 Å². The minimum atomic E-state index is 0.213. The van der Waals surface area contributed by atoms with Gasteiger partial charge < -0.3 is 20.1 Å². The van der Waals surface area contributed by atoms with Crippen molar-refractivity contribution in [2.75, 3.05) is 26.8 Å². The molecule has 3 rings (SSSR count). The van der Waals surface area contributed by atoms with Gasteiger partial charge in [-0.1, -0.05) is 12.1 Å². The highest BCUT2D eigenvalue weighted by Crippen LogP contribution is 2.22. The van der Waals surface area contributed by atoms with Crippen LogP contribution in [0.25, 0.3) is 0 Å². The van der Waals surface area contributed by atoms with Crippen LogP contribution in [0.4, 0.5) is 0 Å². The molecule has 1 aromatic heterocycles. The van der Waals surface area contributed by atoms with E-state index in [1.54, 1.807) is 13.2 Å². The lowest BCUT2D eigenvalue weighted by Crippen LogP contribution is -2.37. The van der Waals surface area contributed by atoms with Gasteiger partial charge in [-0.3, -0.25) is 9.67 Å². The van der Waals surface area contributed by atoms with Crippen molar-refractivity contribution in [3.8, 4) is 5.75 Å². The van der Waals surface area contributed by atoms with Crippen molar-refractivity contribution in [2.24, 2.45) is 4.99 Å². The average Bonchev–Trinajstić information content (AvgIpc) is 3.41. The number of aryl methyl sites for hydroxylation is 2. The smallest absolute Gasteiger partial charge is 0.191 e. The molecule has 1 atom stereocenters. The van der Waals surface area contributed by atoms with Crippen molar-refractivity contribution in [3.63, 3.8) is 0 Å². The molecule has 0 spiro atoms. The zero-order valence-corrected chi connectivity index (χ0v) is 16.9. The summed E-state index contributed by atoms with van der Waals surface area (Å²) >= 11 is 0. The second kappa shape index (κ2) is 10.7. The van der Waals surface area contributed by atoms with E-state index < -0.39 is 0 Å². The molecule has 1 aliphatic rings. The standard InChI is InChI=1S/C21H31N5O2/c1-17-7-8-18(20(14-17)28-16-19-6-3-13-27-19)15-24-21(22-2)23-9-4-11-26-12-5-10-25-26/h5,7-8,10,12,14,19H,3-4,6,9,11,13,15-16H2,1-2H3,(H2,22,23,24). The van der Waals surface area contributed by atoms with Crippen LogP contribution in [0.3, 0.4) is 0 Å². The monoisotopic (exact) mass is 385 g/mol. The third-order valence-corrected chi connectivity index (χ3v) is 4.76. The van der Waals surface area contributed by atoms with E-state index in [9.17, 15) is 0 Å². The van der Waals surface area contributed by atoms with Gasteiger partial charge in [-0.2, -0.15) is 5.10 Å². The van der Waals surface area contributed by atoms with E-state index in [0.29, 0.717) is 13.2 Å². The van der Waals surface area contributed by atoms with Crippen molar-refractivity contribution < 1.29 is 9.47 Å². The molecule has 7 nitrogen and oxygen atoms in total. The molecule has 1 unspecified atom stereocenters. The first-order valence-electron chi connectivity index (χ1n) is 10.0. The second-order valence-corrected chi connectivity index (χ2v) is 7.03. The maximum atomic E-state index is 6.07. The summed E-state index contributed by atoms with van der Waals surface area (Å²) in [4.78, 5) is 4.31. The van der Waals surface area contributed by atoms with Crippen LogP contribution in [0.2, 0.25) is 0 Å². The van der Waals surface area contributed by atoms with E-state index in [0.717, 1.165) is 56.2 Å². The Hall–Kier alpha value is -2.54. The Kier molecular flexibility index (Phi) is 7.72. The summed E-state index contributed by atoms with van der Waals surface area (Å²) in [7, 11) is 1.78. The highest BCUT2D eigenvalue weighted by Gasteiger charge is 2.17. The number of ether oxygens (including phenoxy) is 2. The quantitative estimate of drug-likeness (QED) is 0.394. The summed E-state index contributed by atoms with van der Waals surface area (Å²) in [5, 5.41) is 10.9. The summed E-state index contributed by atoms with van der Waals surface area (Å²) in [5.41, 5.74) is 2.30. The van der Waals surface area contributed by atoms with Gasteiger partial charge in [-0.25, -0.2) is 0 Å². The topological polar surface area (TPSA) is 72.7 Å². The van der Waals surface area contributed by atoms with Crippen LogP contribution in [0.1, 0.15) is 30.4 Å². The largest absolute Gasteiger partial charge is 0.491 e. The minimum Gasteiger partial charge on any atom is -0.491 e. The number of guanidine groups is 1. The number of hydrogen-bond donors (Lipinski definition) is 2. The normalized spacial score (nSPS) is 16.9.